The Morgan fingerprint density at radius 2 is 0.534 bits per heavy atom. The second kappa shape index (κ2) is 60.4. The van der Waals surface area contributed by atoms with E-state index in [1.165, 1.54) is 89.9 Å². The average Bonchev–Trinajstić information content (AvgIpc) is 3.39. The van der Waals surface area contributed by atoms with Crippen LogP contribution in [0.3, 0.4) is 0 Å². The summed E-state index contributed by atoms with van der Waals surface area (Å²) in [4.78, 5) is 38.3. The maximum absolute atomic E-state index is 12.9. The molecule has 0 atom stereocenters. The Labute approximate surface area is 450 Å². The van der Waals surface area contributed by atoms with Crippen LogP contribution in [0.15, 0.2) is 122 Å². The summed E-state index contributed by atoms with van der Waals surface area (Å²) in [5, 5.41) is 0. The predicted octanol–water partition coefficient (Wildman–Crippen LogP) is 20.4. The third kappa shape index (κ3) is 58.6. The third-order valence-corrected chi connectivity index (χ3v) is 12.5. The number of carbonyl (C=O) groups is 3. The van der Waals surface area contributed by atoms with E-state index in [-0.39, 0.29) is 31.1 Å². The average molecular weight is 1010 g/mol. The Morgan fingerprint density at radius 3 is 0.836 bits per heavy atom. The van der Waals surface area contributed by atoms with Crippen molar-refractivity contribution < 1.29 is 28.6 Å². The highest BCUT2D eigenvalue weighted by Gasteiger charge is 2.19. The van der Waals surface area contributed by atoms with Crippen LogP contribution in [0.1, 0.15) is 265 Å². The number of esters is 3. The summed E-state index contributed by atoms with van der Waals surface area (Å²) in [5.74, 6) is -0.964. The Bertz CT molecular complexity index is 1450. The molecule has 414 valence electrons. The molecule has 0 aromatic carbocycles. The molecule has 0 radical (unpaired) electrons. The normalized spacial score (nSPS) is 12.6. The van der Waals surface area contributed by atoms with Crippen molar-refractivity contribution in [3.63, 3.8) is 0 Å². The maximum Gasteiger partial charge on any atom is 0.306 e. The highest BCUT2D eigenvalue weighted by Crippen LogP contribution is 2.16. The molecule has 0 unspecified atom stereocenters. The first kappa shape index (κ1) is 68.8. The first-order chi connectivity index (χ1) is 36.0. The summed E-state index contributed by atoms with van der Waals surface area (Å²) in [6, 6.07) is 0. The Balaban J connectivity index is 4.51. The van der Waals surface area contributed by atoms with E-state index in [1.807, 2.05) is 0 Å². The summed E-state index contributed by atoms with van der Waals surface area (Å²) < 4.78 is 16.9. The van der Waals surface area contributed by atoms with Crippen molar-refractivity contribution in [3.8, 4) is 0 Å². The topological polar surface area (TPSA) is 78.9 Å². The van der Waals surface area contributed by atoms with Gasteiger partial charge >= 0.3 is 17.9 Å². The molecular weight excluding hydrogens is 901 g/mol. The first-order valence-electron chi connectivity index (χ1n) is 30.0. The fraction of sp³-hybridized carbons (Fsp3) is 0.657. The first-order valence-corrected chi connectivity index (χ1v) is 30.0. The van der Waals surface area contributed by atoms with Gasteiger partial charge in [-0.3, -0.25) is 14.4 Å². The predicted molar refractivity (Wildman–Crippen MR) is 316 cm³/mol. The third-order valence-electron chi connectivity index (χ3n) is 12.5. The SMILES string of the molecule is CC/C=C\C/C=C\C/C=C\C/C=C\C/C=C\CCCCCC(=O)OCC(COC(=O)CCCCC/C=C\C/C=C\C/C=C\C/C=C\C/C=C\CC)OC(=O)CCCCCCCCCCCCCCCCCCC. The zero-order valence-corrected chi connectivity index (χ0v) is 47.4. The van der Waals surface area contributed by atoms with Crippen molar-refractivity contribution in [2.45, 2.75) is 271 Å². The molecule has 0 fully saturated rings. The van der Waals surface area contributed by atoms with Crippen LogP contribution in [0.25, 0.3) is 0 Å². The van der Waals surface area contributed by atoms with Gasteiger partial charge in [-0.25, -0.2) is 0 Å². The molecule has 6 nitrogen and oxygen atoms in total. The summed E-state index contributed by atoms with van der Waals surface area (Å²) >= 11 is 0. The second-order valence-electron chi connectivity index (χ2n) is 19.5. The molecule has 0 aromatic heterocycles. The van der Waals surface area contributed by atoms with Gasteiger partial charge in [0.1, 0.15) is 13.2 Å². The van der Waals surface area contributed by atoms with Gasteiger partial charge in [-0.1, -0.05) is 258 Å². The van der Waals surface area contributed by atoms with Crippen LogP contribution in [-0.2, 0) is 28.6 Å². The van der Waals surface area contributed by atoms with Gasteiger partial charge in [0.05, 0.1) is 0 Å². The molecule has 0 saturated carbocycles. The van der Waals surface area contributed by atoms with Gasteiger partial charge in [0.2, 0.25) is 0 Å². The molecule has 73 heavy (non-hydrogen) atoms. The Kier molecular flexibility index (Phi) is 56.9. The van der Waals surface area contributed by atoms with Gasteiger partial charge in [0.25, 0.3) is 0 Å². The van der Waals surface area contributed by atoms with Crippen molar-refractivity contribution in [2.24, 2.45) is 0 Å². The van der Waals surface area contributed by atoms with Crippen LogP contribution in [0.4, 0.5) is 0 Å². The monoisotopic (exact) mass is 1010 g/mol. The number of rotatable bonds is 53. The highest BCUT2D eigenvalue weighted by atomic mass is 16.6. The lowest BCUT2D eigenvalue weighted by molar-refractivity contribution is -0.167. The smallest absolute Gasteiger partial charge is 0.306 e. The van der Waals surface area contributed by atoms with Crippen LogP contribution in [0, 0.1) is 0 Å². The molecule has 0 heterocycles. The van der Waals surface area contributed by atoms with E-state index in [2.05, 4.69) is 142 Å². The minimum Gasteiger partial charge on any atom is -0.462 e. The molecule has 6 heteroatoms. The number of hydrogen-bond acceptors (Lipinski definition) is 6. The van der Waals surface area contributed by atoms with E-state index in [0.29, 0.717) is 19.3 Å². The van der Waals surface area contributed by atoms with Crippen molar-refractivity contribution in [2.75, 3.05) is 13.2 Å². The van der Waals surface area contributed by atoms with Gasteiger partial charge < -0.3 is 14.2 Å². The van der Waals surface area contributed by atoms with E-state index in [9.17, 15) is 14.4 Å². The summed E-state index contributed by atoms with van der Waals surface area (Å²) in [6.45, 7) is 6.37. The zero-order chi connectivity index (χ0) is 52.9. The zero-order valence-electron chi connectivity index (χ0n) is 47.4. The second-order valence-corrected chi connectivity index (χ2v) is 19.5. The fourth-order valence-electron chi connectivity index (χ4n) is 8.03. The molecule has 0 spiro atoms. The fourth-order valence-corrected chi connectivity index (χ4v) is 8.03. The minimum absolute atomic E-state index is 0.107. The number of hydrogen-bond donors (Lipinski definition) is 0. The van der Waals surface area contributed by atoms with Gasteiger partial charge in [-0.15, -0.1) is 0 Å². The van der Waals surface area contributed by atoms with Gasteiger partial charge in [-0.05, 0) is 109 Å². The number of allylic oxidation sites excluding steroid dienone is 20. The standard InChI is InChI=1S/C67H110O6/c1-4-7-10-13-16-19-22-25-28-31-33-36-38-41-44-47-50-53-56-59-65(68)71-62-64(73-67(70)61-58-55-52-49-46-43-40-35-30-27-24-21-18-15-12-9-6-3)63-72-66(69)60-57-54-51-48-45-42-39-37-34-32-29-26-23-20-17-14-11-8-5-2/h7-8,10-11,16-17,19-20,25-26,28-29,33-34,36-37,41-42,44-45,64H,4-6,9,12-15,18,21-24,27,30-32,35,38-40,43,46-63H2,1-3H3/b10-7-,11-8-,19-16-,20-17-,28-25-,29-26-,36-33-,37-34-,44-41-,45-42-. The van der Waals surface area contributed by atoms with E-state index >= 15 is 0 Å². The van der Waals surface area contributed by atoms with Gasteiger partial charge in [0, 0.05) is 19.3 Å². The van der Waals surface area contributed by atoms with E-state index < -0.39 is 6.10 Å². The van der Waals surface area contributed by atoms with Crippen molar-refractivity contribution in [1.29, 1.82) is 0 Å². The molecule has 0 amide bonds. The lowest BCUT2D eigenvalue weighted by Crippen LogP contribution is -2.30. The number of carbonyl (C=O) groups excluding carboxylic acids is 3. The molecular formula is C67H110O6. The van der Waals surface area contributed by atoms with Crippen molar-refractivity contribution in [1.82, 2.24) is 0 Å². The van der Waals surface area contributed by atoms with Gasteiger partial charge in [0.15, 0.2) is 6.10 Å². The maximum atomic E-state index is 12.9. The highest BCUT2D eigenvalue weighted by molar-refractivity contribution is 5.71. The van der Waals surface area contributed by atoms with Crippen molar-refractivity contribution >= 4 is 17.9 Å². The molecule has 0 aliphatic rings. The Hall–Kier alpha value is -4.19. The Morgan fingerprint density at radius 1 is 0.288 bits per heavy atom. The molecule has 0 N–H and O–H groups in total. The summed E-state index contributed by atoms with van der Waals surface area (Å²) in [6.07, 6.45) is 83.3. The molecule has 0 rings (SSSR count). The van der Waals surface area contributed by atoms with Crippen LogP contribution in [0.5, 0.6) is 0 Å². The van der Waals surface area contributed by atoms with Crippen LogP contribution < -0.4 is 0 Å². The van der Waals surface area contributed by atoms with E-state index in [1.54, 1.807) is 0 Å². The van der Waals surface area contributed by atoms with Crippen molar-refractivity contribution in [3.05, 3.63) is 122 Å². The number of ether oxygens (including phenoxy) is 3. The molecule has 0 saturated heterocycles. The largest absolute Gasteiger partial charge is 0.462 e. The summed E-state index contributed by atoms with van der Waals surface area (Å²) in [5.41, 5.74) is 0. The lowest BCUT2D eigenvalue weighted by atomic mass is 10.0. The quantitative estimate of drug-likeness (QED) is 0.0261. The minimum atomic E-state index is -0.808. The molecule has 0 aliphatic carbocycles. The van der Waals surface area contributed by atoms with Crippen LogP contribution in [-0.4, -0.2) is 37.2 Å². The van der Waals surface area contributed by atoms with E-state index in [4.69, 9.17) is 14.2 Å². The molecule has 0 aliphatic heterocycles. The molecule has 0 bridgehead atoms. The van der Waals surface area contributed by atoms with E-state index in [0.717, 1.165) is 135 Å². The lowest BCUT2D eigenvalue weighted by Gasteiger charge is -2.18. The van der Waals surface area contributed by atoms with Gasteiger partial charge in [-0.2, -0.15) is 0 Å². The van der Waals surface area contributed by atoms with Crippen LogP contribution in [0.2, 0.25) is 0 Å². The molecule has 0 aromatic rings. The van der Waals surface area contributed by atoms with Crippen LogP contribution >= 0.6 is 0 Å². The summed E-state index contributed by atoms with van der Waals surface area (Å²) in [7, 11) is 0. The number of unbranched alkanes of at least 4 members (excludes halogenated alkanes) is 22.